The van der Waals surface area contributed by atoms with Gasteiger partial charge in [0.05, 0.1) is 10.9 Å². The lowest BCUT2D eigenvalue weighted by atomic mass is 10.4. The van der Waals surface area contributed by atoms with Crippen LogP contribution in [0.2, 0.25) is 4.34 Å². The minimum absolute atomic E-state index is 0.416. The highest BCUT2D eigenvalue weighted by atomic mass is 35.5. The van der Waals surface area contributed by atoms with Crippen LogP contribution in [-0.2, 0) is 6.54 Å². The van der Waals surface area contributed by atoms with Crippen LogP contribution < -0.4 is 11.1 Å². The molecule has 0 unspecified atom stereocenters. The van der Waals surface area contributed by atoms with Gasteiger partial charge in [-0.3, -0.25) is 0 Å². The van der Waals surface area contributed by atoms with Crippen LogP contribution in [0.1, 0.15) is 4.88 Å². The van der Waals surface area contributed by atoms with Crippen molar-refractivity contribution < 1.29 is 0 Å². The molecule has 0 aliphatic carbocycles. The Kier molecular flexibility index (Phi) is 3.03. The van der Waals surface area contributed by atoms with Crippen molar-refractivity contribution >= 4 is 34.6 Å². The highest BCUT2D eigenvalue weighted by Crippen LogP contribution is 2.21. The number of anilines is 2. The van der Waals surface area contributed by atoms with Crippen molar-refractivity contribution in [3.8, 4) is 0 Å². The van der Waals surface area contributed by atoms with Gasteiger partial charge in [0, 0.05) is 4.88 Å². The van der Waals surface area contributed by atoms with E-state index in [2.05, 4.69) is 15.5 Å². The predicted molar refractivity (Wildman–Crippen MR) is 63.1 cm³/mol. The van der Waals surface area contributed by atoms with Crippen LogP contribution in [0.5, 0.6) is 0 Å². The Hall–Kier alpha value is -1.33. The number of nitrogens with two attached hydrogens (primary N) is 1. The molecule has 0 aliphatic heterocycles. The van der Waals surface area contributed by atoms with Crippen LogP contribution in [0.25, 0.3) is 0 Å². The zero-order valence-corrected chi connectivity index (χ0v) is 9.35. The summed E-state index contributed by atoms with van der Waals surface area (Å²) in [5, 5.41) is 10.7. The van der Waals surface area contributed by atoms with Gasteiger partial charge in [0.1, 0.15) is 11.6 Å². The van der Waals surface area contributed by atoms with Crippen LogP contribution in [-0.4, -0.2) is 10.2 Å². The average molecular weight is 241 g/mol. The number of nitrogen functional groups attached to an aromatic ring is 1. The van der Waals surface area contributed by atoms with Crippen molar-refractivity contribution in [2.45, 2.75) is 6.54 Å². The van der Waals surface area contributed by atoms with Gasteiger partial charge >= 0.3 is 0 Å². The largest absolute Gasteiger partial charge is 0.382 e. The minimum atomic E-state index is 0.416. The van der Waals surface area contributed by atoms with E-state index in [4.69, 9.17) is 17.3 Å². The number of aromatic nitrogens is 2. The van der Waals surface area contributed by atoms with Gasteiger partial charge in [-0.05, 0) is 24.3 Å². The minimum Gasteiger partial charge on any atom is -0.382 e. The van der Waals surface area contributed by atoms with E-state index in [9.17, 15) is 0 Å². The predicted octanol–water partition coefficient (Wildman–Crippen LogP) is 2.39. The third-order valence-electron chi connectivity index (χ3n) is 1.76. The lowest BCUT2D eigenvalue weighted by molar-refractivity contribution is 1.01. The number of rotatable bonds is 3. The molecule has 2 aromatic heterocycles. The molecule has 2 heterocycles. The third-order valence-corrected chi connectivity index (χ3v) is 2.99. The summed E-state index contributed by atoms with van der Waals surface area (Å²) in [7, 11) is 0. The average Bonchev–Trinajstić information content (AvgIpc) is 2.64. The number of thiophene rings is 1. The van der Waals surface area contributed by atoms with Crippen LogP contribution in [0, 0.1) is 0 Å². The highest BCUT2D eigenvalue weighted by molar-refractivity contribution is 7.16. The van der Waals surface area contributed by atoms with E-state index in [-0.39, 0.29) is 0 Å². The van der Waals surface area contributed by atoms with Crippen molar-refractivity contribution in [3.63, 3.8) is 0 Å². The number of hydrogen-bond acceptors (Lipinski definition) is 5. The summed E-state index contributed by atoms with van der Waals surface area (Å²) >= 11 is 7.35. The molecule has 6 heteroatoms. The second-order valence-corrected chi connectivity index (χ2v) is 4.70. The number of halogens is 1. The Morgan fingerprint density at radius 1 is 1.27 bits per heavy atom. The van der Waals surface area contributed by atoms with Crippen LogP contribution >= 0.6 is 22.9 Å². The summed E-state index contributed by atoms with van der Waals surface area (Å²) < 4.78 is 0.787. The Morgan fingerprint density at radius 3 is 2.73 bits per heavy atom. The molecule has 0 amide bonds. The Bertz CT molecular complexity index is 440. The van der Waals surface area contributed by atoms with Crippen LogP contribution in [0.15, 0.2) is 24.3 Å². The standard InChI is InChI=1S/C9H9ClN4S/c10-7-2-1-6(15-7)5-12-9-4-3-8(11)13-14-9/h1-4H,5H2,(H2,11,13)(H,12,14). The molecule has 0 fully saturated rings. The topological polar surface area (TPSA) is 63.8 Å². The molecular weight excluding hydrogens is 232 g/mol. The lowest BCUT2D eigenvalue weighted by Gasteiger charge is -2.02. The second-order valence-electron chi connectivity index (χ2n) is 2.90. The smallest absolute Gasteiger partial charge is 0.149 e. The van der Waals surface area contributed by atoms with Gasteiger partial charge in [-0.15, -0.1) is 21.5 Å². The maximum absolute atomic E-state index is 5.81. The Balaban J connectivity index is 1.96. The number of hydrogen-bond donors (Lipinski definition) is 2. The molecule has 0 saturated heterocycles. The molecule has 3 N–H and O–H groups in total. The molecule has 0 aromatic carbocycles. The summed E-state index contributed by atoms with van der Waals surface area (Å²) in [5.74, 6) is 1.12. The van der Waals surface area contributed by atoms with E-state index in [0.717, 1.165) is 9.21 Å². The van der Waals surface area contributed by atoms with Gasteiger partial charge in [0.25, 0.3) is 0 Å². The fraction of sp³-hybridized carbons (Fsp3) is 0.111. The molecule has 0 radical (unpaired) electrons. The molecule has 2 rings (SSSR count). The van der Waals surface area contributed by atoms with E-state index in [1.807, 2.05) is 12.1 Å². The van der Waals surface area contributed by atoms with Crippen molar-refractivity contribution in [1.82, 2.24) is 10.2 Å². The van der Waals surface area contributed by atoms with Crippen molar-refractivity contribution in [3.05, 3.63) is 33.5 Å². The van der Waals surface area contributed by atoms with Gasteiger partial charge < -0.3 is 11.1 Å². The van der Waals surface area contributed by atoms with E-state index in [0.29, 0.717) is 18.2 Å². The summed E-state index contributed by atoms with van der Waals surface area (Å²) in [5.41, 5.74) is 5.42. The second kappa shape index (κ2) is 4.46. The zero-order valence-electron chi connectivity index (χ0n) is 7.77. The van der Waals surface area contributed by atoms with Gasteiger partial charge in [-0.1, -0.05) is 11.6 Å². The summed E-state index contributed by atoms with van der Waals surface area (Å²) in [6, 6.07) is 7.34. The normalized spacial score (nSPS) is 10.2. The van der Waals surface area contributed by atoms with E-state index in [1.54, 1.807) is 23.5 Å². The molecule has 0 spiro atoms. The zero-order chi connectivity index (χ0) is 10.7. The van der Waals surface area contributed by atoms with Gasteiger partial charge in [-0.25, -0.2) is 0 Å². The van der Waals surface area contributed by atoms with Crippen LogP contribution in [0.4, 0.5) is 11.6 Å². The van der Waals surface area contributed by atoms with E-state index in [1.165, 1.54) is 0 Å². The molecular formula is C9H9ClN4S. The monoisotopic (exact) mass is 240 g/mol. The summed E-state index contributed by atoms with van der Waals surface area (Å²) in [6.45, 7) is 0.690. The summed E-state index contributed by atoms with van der Waals surface area (Å²) in [6.07, 6.45) is 0. The first-order valence-electron chi connectivity index (χ1n) is 4.31. The molecule has 0 atom stereocenters. The molecule has 15 heavy (non-hydrogen) atoms. The van der Waals surface area contributed by atoms with Gasteiger partial charge in [0.2, 0.25) is 0 Å². The van der Waals surface area contributed by atoms with Crippen molar-refractivity contribution in [2.75, 3.05) is 11.1 Å². The van der Waals surface area contributed by atoms with Crippen molar-refractivity contribution in [1.29, 1.82) is 0 Å². The molecule has 2 aromatic rings. The highest BCUT2D eigenvalue weighted by Gasteiger charge is 1.99. The maximum atomic E-state index is 5.81. The maximum Gasteiger partial charge on any atom is 0.149 e. The Labute approximate surface area is 96.1 Å². The number of nitrogens with zero attached hydrogens (tertiary/aromatic N) is 2. The Morgan fingerprint density at radius 2 is 2.13 bits per heavy atom. The summed E-state index contributed by atoms with van der Waals surface area (Å²) in [4.78, 5) is 1.15. The first-order chi connectivity index (χ1) is 7.24. The van der Waals surface area contributed by atoms with E-state index >= 15 is 0 Å². The molecule has 0 bridgehead atoms. The molecule has 0 saturated carbocycles. The third kappa shape index (κ3) is 2.81. The SMILES string of the molecule is Nc1ccc(NCc2ccc(Cl)s2)nn1. The molecule has 78 valence electrons. The first-order valence-corrected chi connectivity index (χ1v) is 5.51. The van der Waals surface area contributed by atoms with Crippen molar-refractivity contribution in [2.24, 2.45) is 0 Å². The fourth-order valence-corrected chi connectivity index (χ4v) is 2.09. The van der Waals surface area contributed by atoms with Gasteiger partial charge in [0.15, 0.2) is 0 Å². The number of nitrogens with one attached hydrogen (secondary N) is 1. The van der Waals surface area contributed by atoms with E-state index < -0.39 is 0 Å². The quantitative estimate of drug-likeness (QED) is 0.865. The molecule has 0 aliphatic rings. The fourth-order valence-electron chi connectivity index (χ4n) is 1.06. The lowest BCUT2D eigenvalue weighted by Crippen LogP contribution is -2.01. The van der Waals surface area contributed by atoms with Crippen LogP contribution in [0.3, 0.4) is 0 Å². The molecule has 4 nitrogen and oxygen atoms in total. The van der Waals surface area contributed by atoms with Gasteiger partial charge in [-0.2, -0.15) is 0 Å². The first kappa shape index (κ1) is 10.2.